The maximum Gasteiger partial charge on any atom is 0.0736 e. The SMILES string of the molecule is C=CC(N)NCCCCCCN. The van der Waals surface area contributed by atoms with Crippen molar-refractivity contribution in [3.8, 4) is 0 Å². The van der Waals surface area contributed by atoms with Crippen LogP contribution in [0.25, 0.3) is 0 Å². The summed E-state index contributed by atoms with van der Waals surface area (Å²) in [6.07, 6.45) is 6.41. The molecule has 0 aromatic heterocycles. The third-order valence-electron chi connectivity index (χ3n) is 1.76. The normalized spacial score (nSPS) is 12.8. The summed E-state index contributed by atoms with van der Waals surface area (Å²) in [6.45, 7) is 5.36. The highest BCUT2D eigenvalue weighted by Crippen LogP contribution is 1.96. The molecule has 3 nitrogen and oxygen atoms in total. The van der Waals surface area contributed by atoms with Crippen molar-refractivity contribution in [2.45, 2.75) is 31.8 Å². The highest BCUT2D eigenvalue weighted by Gasteiger charge is 1.93. The molecule has 0 spiro atoms. The Morgan fingerprint density at radius 1 is 1.25 bits per heavy atom. The van der Waals surface area contributed by atoms with Gasteiger partial charge in [0.1, 0.15) is 0 Å². The van der Waals surface area contributed by atoms with Gasteiger partial charge in [0, 0.05) is 0 Å². The molecule has 0 bridgehead atoms. The van der Waals surface area contributed by atoms with Crippen molar-refractivity contribution in [3.05, 3.63) is 12.7 Å². The predicted octanol–water partition coefficient (Wildman–Crippen LogP) is 0.566. The van der Waals surface area contributed by atoms with Crippen LogP contribution in [0.1, 0.15) is 25.7 Å². The minimum absolute atomic E-state index is 0.0560. The molecule has 72 valence electrons. The summed E-state index contributed by atoms with van der Waals surface area (Å²) in [5.74, 6) is 0. The maximum absolute atomic E-state index is 5.56. The monoisotopic (exact) mass is 171 g/mol. The fraction of sp³-hybridized carbons (Fsp3) is 0.778. The van der Waals surface area contributed by atoms with Crippen molar-refractivity contribution in [2.24, 2.45) is 11.5 Å². The van der Waals surface area contributed by atoms with Crippen molar-refractivity contribution in [3.63, 3.8) is 0 Å². The molecule has 5 N–H and O–H groups in total. The molecular weight excluding hydrogens is 150 g/mol. The van der Waals surface area contributed by atoms with Crippen LogP contribution in [0.15, 0.2) is 12.7 Å². The molecule has 12 heavy (non-hydrogen) atoms. The van der Waals surface area contributed by atoms with Gasteiger partial charge in [0.25, 0.3) is 0 Å². The summed E-state index contributed by atoms with van der Waals surface area (Å²) in [6, 6.07) is 0. The molecule has 0 amide bonds. The fourth-order valence-electron chi connectivity index (χ4n) is 0.975. The van der Waals surface area contributed by atoms with Crippen LogP contribution in [0.5, 0.6) is 0 Å². The average Bonchev–Trinajstić information content (AvgIpc) is 2.10. The van der Waals surface area contributed by atoms with Crippen molar-refractivity contribution in [1.29, 1.82) is 0 Å². The first-order chi connectivity index (χ1) is 5.81. The second-order valence-electron chi connectivity index (χ2n) is 2.92. The van der Waals surface area contributed by atoms with Gasteiger partial charge in [-0.25, -0.2) is 0 Å². The lowest BCUT2D eigenvalue weighted by molar-refractivity contribution is 0.556. The Kier molecular flexibility index (Phi) is 8.44. The second-order valence-corrected chi connectivity index (χ2v) is 2.92. The molecule has 0 aliphatic heterocycles. The topological polar surface area (TPSA) is 64.1 Å². The third-order valence-corrected chi connectivity index (χ3v) is 1.76. The standard InChI is InChI=1S/C9H21N3/c1-2-9(11)12-8-6-4-3-5-7-10/h2,9,12H,1,3-8,10-11H2. The zero-order valence-electron chi connectivity index (χ0n) is 7.76. The van der Waals surface area contributed by atoms with E-state index in [1.807, 2.05) is 0 Å². The van der Waals surface area contributed by atoms with E-state index in [1.165, 1.54) is 19.3 Å². The number of unbranched alkanes of at least 4 members (excludes halogenated alkanes) is 3. The van der Waals surface area contributed by atoms with E-state index in [-0.39, 0.29) is 6.17 Å². The summed E-state index contributed by atoms with van der Waals surface area (Å²) in [4.78, 5) is 0. The summed E-state index contributed by atoms with van der Waals surface area (Å²) in [5.41, 5.74) is 10.9. The van der Waals surface area contributed by atoms with Gasteiger partial charge in [0.15, 0.2) is 0 Å². The number of hydrogen-bond acceptors (Lipinski definition) is 3. The van der Waals surface area contributed by atoms with E-state index >= 15 is 0 Å². The van der Waals surface area contributed by atoms with Gasteiger partial charge < -0.3 is 11.5 Å². The van der Waals surface area contributed by atoms with E-state index in [9.17, 15) is 0 Å². The lowest BCUT2D eigenvalue weighted by atomic mass is 10.2. The zero-order chi connectivity index (χ0) is 9.23. The first-order valence-electron chi connectivity index (χ1n) is 4.63. The Labute approximate surface area is 75.2 Å². The smallest absolute Gasteiger partial charge is 0.0736 e. The molecule has 0 aromatic carbocycles. The van der Waals surface area contributed by atoms with E-state index in [0.717, 1.165) is 19.5 Å². The number of nitrogens with one attached hydrogen (secondary N) is 1. The Bertz CT molecular complexity index is 104. The lowest BCUT2D eigenvalue weighted by Crippen LogP contribution is -2.35. The van der Waals surface area contributed by atoms with Crippen LogP contribution in [-0.4, -0.2) is 19.3 Å². The minimum Gasteiger partial charge on any atom is -0.330 e. The summed E-state index contributed by atoms with van der Waals surface area (Å²) < 4.78 is 0. The van der Waals surface area contributed by atoms with Crippen LogP contribution in [0.2, 0.25) is 0 Å². The van der Waals surface area contributed by atoms with Gasteiger partial charge >= 0.3 is 0 Å². The van der Waals surface area contributed by atoms with Gasteiger partial charge in [-0.15, -0.1) is 6.58 Å². The van der Waals surface area contributed by atoms with Crippen LogP contribution < -0.4 is 16.8 Å². The van der Waals surface area contributed by atoms with E-state index in [4.69, 9.17) is 11.5 Å². The van der Waals surface area contributed by atoms with Crippen LogP contribution in [0.3, 0.4) is 0 Å². The first kappa shape index (κ1) is 11.6. The van der Waals surface area contributed by atoms with Crippen LogP contribution >= 0.6 is 0 Å². The zero-order valence-corrected chi connectivity index (χ0v) is 7.76. The molecule has 0 aromatic rings. The molecule has 0 saturated carbocycles. The molecule has 0 saturated heterocycles. The van der Waals surface area contributed by atoms with Crippen molar-refractivity contribution in [2.75, 3.05) is 13.1 Å². The molecule has 0 aliphatic rings. The van der Waals surface area contributed by atoms with E-state index in [1.54, 1.807) is 6.08 Å². The Morgan fingerprint density at radius 3 is 2.50 bits per heavy atom. The molecule has 0 radical (unpaired) electrons. The van der Waals surface area contributed by atoms with Crippen molar-refractivity contribution < 1.29 is 0 Å². The maximum atomic E-state index is 5.56. The summed E-state index contributed by atoms with van der Waals surface area (Å²) in [5, 5.41) is 3.14. The largest absolute Gasteiger partial charge is 0.330 e. The molecule has 1 unspecified atom stereocenters. The van der Waals surface area contributed by atoms with Gasteiger partial charge in [-0.2, -0.15) is 0 Å². The Morgan fingerprint density at radius 2 is 1.92 bits per heavy atom. The van der Waals surface area contributed by atoms with Gasteiger partial charge in [0.2, 0.25) is 0 Å². The predicted molar refractivity (Wildman–Crippen MR) is 53.7 cm³/mol. The molecular formula is C9H21N3. The average molecular weight is 171 g/mol. The fourth-order valence-corrected chi connectivity index (χ4v) is 0.975. The van der Waals surface area contributed by atoms with Gasteiger partial charge in [-0.05, 0) is 25.9 Å². The molecule has 0 aliphatic carbocycles. The van der Waals surface area contributed by atoms with Crippen LogP contribution in [-0.2, 0) is 0 Å². The van der Waals surface area contributed by atoms with Crippen LogP contribution in [0.4, 0.5) is 0 Å². The highest BCUT2D eigenvalue weighted by atomic mass is 15.0. The van der Waals surface area contributed by atoms with Crippen molar-refractivity contribution in [1.82, 2.24) is 5.32 Å². The Hall–Kier alpha value is -0.380. The molecule has 0 fully saturated rings. The minimum atomic E-state index is -0.0560. The van der Waals surface area contributed by atoms with Gasteiger partial charge in [0.05, 0.1) is 6.17 Å². The highest BCUT2D eigenvalue weighted by molar-refractivity contribution is 4.79. The summed E-state index contributed by atoms with van der Waals surface area (Å²) in [7, 11) is 0. The van der Waals surface area contributed by atoms with Gasteiger partial charge in [-0.1, -0.05) is 18.9 Å². The molecule has 1 atom stereocenters. The van der Waals surface area contributed by atoms with E-state index in [0.29, 0.717) is 0 Å². The molecule has 0 heterocycles. The van der Waals surface area contributed by atoms with Crippen LogP contribution in [0, 0.1) is 0 Å². The first-order valence-corrected chi connectivity index (χ1v) is 4.63. The van der Waals surface area contributed by atoms with Crippen molar-refractivity contribution >= 4 is 0 Å². The third kappa shape index (κ3) is 7.72. The quantitative estimate of drug-likeness (QED) is 0.284. The molecule has 0 rings (SSSR count). The number of rotatable bonds is 8. The lowest BCUT2D eigenvalue weighted by Gasteiger charge is -2.07. The van der Waals surface area contributed by atoms with Gasteiger partial charge in [-0.3, -0.25) is 5.32 Å². The second kappa shape index (κ2) is 8.71. The summed E-state index contributed by atoms with van der Waals surface area (Å²) >= 11 is 0. The number of hydrogen-bond donors (Lipinski definition) is 3. The molecule has 3 heteroatoms. The number of nitrogens with two attached hydrogens (primary N) is 2. The van der Waals surface area contributed by atoms with E-state index in [2.05, 4.69) is 11.9 Å². The van der Waals surface area contributed by atoms with E-state index < -0.39 is 0 Å². The Balaban J connectivity index is 2.95.